The van der Waals surface area contributed by atoms with E-state index >= 15 is 0 Å². The Bertz CT molecular complexity index is 728. The number of hydrogen-bond acceptors (Lipinski definition) is 4. The molecule has 22 heavy (non-hydrogen) atoms. The zero-order valence-corrected chi connectivity index (χ0v) is 12.7. The van der Waals surface area contributed by atoms with Gasteiger partial charge in [0.25, 0.3) is 5.91 Å². The summed E-state index contributed by atoms with van der Waals surface area (Å²) >= 11 is 0. The maximum absolute atomic E-state index is 11.8. The summed E-state index contributed by atoms with van der Waals surface area (Å²) in [5.74, 6) is 0.214. The number of rotatable bonds is 4. The number of nitrogens with zero attached hydrogens (tertiary/aromatic N) is 3. The van der Waals surface area contributed by atoms with Gasteiger partial charge in [-0.25, -0.2) is 9.98 Å². The Morgan fingerprint density at radius 2 is 1.95 bits per heavy atom. The minimum atomic E-state index is -0.549. The van der Waals surface area contributed by atoms with Crippen LogP contribution >= 0.6 is 0 Å². The number of fused-ring (bicyclic) bond motifs is 1. The first kappa shape index (κ1) is 14.3. The average molecular weight is 297 g/mol. The van der Waals surface area contributed by atoms with Gasteiger partial charge in [-0.05, 0) is 25.0 Å². The van der Waals surface area contributed by atoms with Crippen molar-refractivity contribution in [2.24, 2.45) is 10.7 Å². The van der Waals surface area contributed by atoms with Gasteiger partial charge in [-0.2, -0.15) is 0 Å². The van der Waals surface area contributed by atoms with Gasteiger partial charge in [0.05, 0.1) is 0 Å². The van der Waals surface area contributed by atoms with Crippen molar-refractivity contribution in [2.75, 3.05) is 5.32 Å². The molecule has 6 heteroatoms. The number of hydrogen-bond donors (Lipinski definition) is 2. The zero-order chi connectivity index (χ0) is 15.7. The number of aromatic nitrogens is 2. The van der Waals surface area contributed by atoms with E-state index in [1.165, 1.54) is 0 Å². The van der Waals surface area contributed by atoms with Crippen molar-refractivity contribution >= 4 is 17.4 Å². The third-order valence-electron chi connectivity index (χ3n) is 4.11. The SMILES string of the molecule is CCC1(CC)N=C(C(N)=O)c2ncn(-c3ccccc3)c2N1. The number of primary amides is 1. The highest BCUT2D eigenvalue weighted by molar-refractivity contribution is 6.45. The molecule has 1 amide bonds. The second-order valence-electron chi connectivity index (χ2n) is 5.34. The maximum atomic E-state index is 11.8. The van der Waals surface area contributed by atoms with E-state index in [0.29, 0.717) is 5.69 Å². The van der Waals surface area contributed by atoms with Crippen LogP contribution in [0.5, 0.6) is 0 Å². The molecule has 114 valence electrons. The Kier molecular flexibility index (Phi) is 3.44. The van der Waals surface area contributed by atoms with E-state index in [4.69, 9.17) is 5.73 Å². The van der Waals surface area contributed by atoms with E-state index in [2.05, 4.69) is 15.3 Å². The van der Waals surface area contributed by atoms with Gasteiger partial charge in [0, 0.05) is 5.69 Å². The van der Waals surface area contributed by atoms with E-state index in [-0.39, 0.29) is 5.71 Å². The number of nitrogens with one attached hydrogen (secondary N) is 1. The molecule has 0 unspecified atom stereocenters. The number of carbonyl (C=O) groups is 1. The Morgan fingerprint density at radius 3 is 2.55 bits per heavy atom. The third kappa shape index (κ3) is 2.16. The van der Waals surface area contributed by atoms with Crippen molar-refractivity contribution in [1.82, 2.24) is 9.55 Å². The van der Waals surface area contributed by atoms with Crippen molar-refractivity contribution in [1.29, 1.82) is 0 Å². The maximum Gasteiger partial charge on any atom is 0.269 e. The fraction of sp³-hybridized carbons (Fsp3) is 0.312. The molecule has 0 fully saturated rings. The summed E-state index contributed by atoms with van der Waals surface area (Å²) in [6.07, 6.45) is 3.19. The van der Waals surface area contributed by atoms with E-state index in [9.17, 15) is 4.79 Å². The van der Waals surface area contributed by atoms with E-state index in [0.717, 1.165) is 24.3 Å². The van der Waals surface area contributed by atoms with Gasteiger partial charge in [-0.15, -0.1) is 0 Å². The van der Waals surface area contributed by atoms with E-state index in [1.54, 1.807) is 6.33 Å². The first-order valence-electron chi connectivity index (χ1n) is 7.41. The molecule has 3 N–H and O–H groups in total. The van der Waals surface area contributed by atoms with Crippen molar-refractivity contribution in [3.8, 4) is 5.69 Å². The first-order valence-corrected chi connectivity index (χ1v) is 7.41. The molecule has 0 bridgehead atoms. The lowest BCUT2D eigenvalue weighted by molar-refractivity contribution is -0.112. The molecule has 0 saturated carbocycles. The number of amides is 1. The van der Waals surface area contributed by atoms with Crippen molar-refractivity contribution in [3.05, 3.63) is 42.4 Å². The molecule has 1 aromatic carbocycles. The highest BCUT2D eigenvalue weighted by Crippen LogP contribution is 2.33. The molecule has 0 spiro atoms. The Labute approximate surface area is 129 Å². The lowest BCUT2D eigenvalue weighted by Gasteiger charge is -2.34. The van der Waals surface area contributed by atoms with Crippen LogP contribution in [-0.2, 0) is 4.79 Å². The van der Waals surface area contributed by atoms with Gasteiger partial charge in [0.1, 0.15) is 23.5 Å². The topological polar surface area (TPSA) is 85.3 Å². The second-order valence-corrected chi connectivity index (χ2v) is 5.34. The molecular weight excluding hydrogens is 278 g/mol. The number of aliphatic imine (C=N–C) groups is 1. The van der Waals surface area contributed by atoms with Gasteiger partial charge >= 0.3 is 0 Å². The standard InChI is InChI=1S/C16H19N5O/c1-3-16(4-2)19-12(14(17)22)13-15(20-16)21(10-18-13)11-8-6-5-7-9-11/h5-10,20H,3-4H2,1-2H3,(H2,17,22). The summed E-state index contributed by atoms with van der Waals surface area (Å²) in [4.78, 5) is 20.7. The van der Waals surface area contributed by atoms with Crippen LogP contribution in [0.2, 0.25) is 0 Å². The Balaban J connectivity index is 2.18. The van der Waals surface area contributed by atoms with Gasteiger partial charge < -0.3 is 11.1 Å². The molecule has 2 heterocycles. The number of benzene rings is 1. The van der Waals surface area contributed by atoms with Gasteiger partial charge in [-0.1, -0.05) is 32.0 Å². The zero-order valence-electron chi connectivity index (χ0n) is 12.7. The molecule has 1 aromatic heterocycles. The van der Waals surface area contributed by atoms with Crippen molar-refractivity contribution < 1.29 is 4.79 Å². The minimum absolute atomic E-state index is 0.243. The molecule has 1 aliphatic heterocycles. The van der Waals surface area contributed by atoms with Crippen molar-refractivity contribution in [2.45, 2.75) is 32.4 Å². The lowest BCUT2D eigenvalue weighted by Crippen LogP contribution is -2.43. The van der Waals surface area contributed by atoms with Gasteiger partial charge in [-0.3, -0.25) is 9.36 Å². The first-order chi connectivity index (χ1) is 10.6. The van der Waals surface area contributed by atoms with Crippen LogP contribution in [0, 0.1) is 0 Å². The van der Waals surface area contributed by atoms with Gasteiger partial charge in [0.2, 0.25) is 0 Å². The molecule has 1 aliphatic rings. The normalized spacial score (nSPS) is 15.6. The van der Waals surface area contributed by atoms with Gasteiger partial charge in [0.15, 0.2) is 5.71 Å². The summed E-state index contributed by atoms with van der Waals surface area (Å²) in [7, 11) is 0. The van der Waals surface area contributed by atoms with E-state index in [1.807, 2.05) is 48.7 Å². The van der Waals surface area contributed by atoms with E-state index < -0.39 is 11.6 Å². The predicted molar refractivity (Wildman–Crippen MR) is 86.2 cm³/mol. The average Bonchev–Trinajstić information content (AvgIpc) is 2.97. The summed E-state index contributed by atoms with van der Waals surface area (Å²) in [6.45, 7) is 4.07. The number of carbonyl (C=O) groups excluding carboxylic acids is 1. The van der Waals surface area contributed by atoms with Crippen LogP contribution < -0.4 is 11.1 Å². The number of para-hydroxylation sites is 1. The van der Waals surface area contributed by atoms with Crippen LogP contribution in [0.3, 0.4) is 0 Å². The molecular formula is C16H19N5O. The molecule has 3 rings (SSSR count). The van der Waals surface area contributed by atoms with Crippen molar-refractivity contribution in [3.63, 3.8) is 0 Å². The number of imidazole rings is 1. The highest BCUT2D eigenvalue weighted by atomic mass is 16.1. The molecule has 0 radical (unpaired) electrons. The quantitative estimate of drug-likeness (QED) is 0.906. The largest absolute Gasteiger partial charge is 0.364 e. The smallest absolute Gasteiger partial charge is 0.269 e. The molecule has 6 nitrogen and oxygen atoms in total. The Morgan fingerprint density at radius 1 is 1.27 bits per heavy atom. The minimum Gasteiger partial charge on any atom is -0.364 e. The summed E-state index contributed by atoms with van der Waals surface area (Å²) in [6, 6.07) is 9.85. The van der Waals surface area contributed by atoms with Crippen LogP contribution in [0.1, 0.15) is 32.4 Å². The Hall–Kier alpha value is -2.63. The lowest BCUT2D eigenvalue weighted by atomic mass is 10.0. The molecule has 0 aliphatic carbocycles. The monoisotopic (exact) mass is 297 g/mol. The molecule has 0 atom stereocenters. The van der Waals surface area contributed by atoms with Crippen LogP contribution in [0.25, 0.3) is 5.69 Å². The summed E-state index contributed by atoms with van der Waals surface area (Å²) in [5, 5.41) is 3.45. The number of nitrogens with two attached hydrogens (primary N) is 1. The number of anilines is 1. The summed E-state index contributed by atoms with van der Waals surface area (Å²) < 4.78 is 1.92. The second kappa shape index (κ2) is 5.29. The summed E-state index contributed by atoms with van der Waals surface area (Å²) in [5.41, 5.74) is 6.71. The molecule has 0 saturated heterocycles. The van der Waals surface area contributed by atoms with Crippen LogP contribution in [0.4, 0.5) is 5.82 Å². The highest BCUT2D eigenvalue weighted by Gasteiger charge is 2.36. The van der Waals surface area contributed by atoms with Crippen LogP contribution in [0.15, 0.2) is 41.7 Å². The molecule has 2 aromatic rings. The third-order valence-corrected chi connectivity index (χ3v) is 4.11. The predicted octanol–water partition coefficient (Wildman–Crippen LogP) is 2.09. The fourth-order valence-electron chi connectivity index (χ4n) is 2.70. The fourth-order valence-corrected chi connectivity index (χ4v) is 2.70. The van der Waals surface area contributed by atoms with Crippen LogP contribution in [-0.4, -0.2) is 26.8 Å².